The third kappa shape index (κ3) is 6.15. The molecule has 0 fully saturated rings. The number of carbonyl (C=O) groups excluding carboxylic acids is 1. The molecule has 2 aromatic rings. The van der Waals surface area contributed by atoms with Crippen molar-refractivity contribution in [1.82, 2.24) is 10.2 Å². The number of hydrogen-bond donors (Lipinski definition) is 1. The predicted molar refractivity (Wildman–Crippen MR) is 92.3 cm³/mol. The first-order chi connectivity index (χ1) is 12.1. The molecule has 2 rings (SSSR count). The molecule has 0 bridgehead atoms. The van der Waals surface area contributed by atoms with Crippen LogP contribution >= 0.6 is 0 Å². The number of benzene rings is 2. The summed E-state index contributed by atoms with van der Waals surface area (Å²) in [6.07, 6.45) is 0. The first-order valence-corrected chi connectivity index (χ1v) is 8.20. The molecule has 25 heavy (non-hydrogen) atoms. The Bertz CT molecular complexity index is 660. The van der Waals surface area contributed by atoms with Gasteiger partial charge in [-0.3, -0.25) is 9.69 Å². The van der Waals surface area contributed by atoms with E-state index in [1.807, 2.05) is 37.3 Å². The molecule has 2 aromatic carbocycles. The summed E-state index contributed by atoms with van der Waals surface area (Å²) < 4.78 is 32.9. The summed E-state index contributed by atoms with van der Waals surface area (Å²) in [7, 11) is 0. The van der Waals surface area contributed by atoms with Crippen molar-refractivity contribution in [2.45, 2.75) is 13.5 Å². The lowest BCUT2D eigenvalue weighted by molar-refractivity contribution is -0.122. The minimum atomic E-state index is -0.602. The lowest BCUT2D eigenvalue weighted by atomic mass is 10.2. The van der Waals surface area contributed by atoms with Crippen LogP contribution in [-0.2, 0) is 11.3 Å². The third-order valence-electron chi connectivity index (χ3n) is 3.69. The highest BCUT2D eigenvalue weighted by atomic mass is 19.1. The number of ether oxygens (including phenoxy) is 1. The molecule has 4 nitrogen and oxygen atoms in total. The van der Waals surface area contributed by atoms with Crippen molar-refractivity contribution in [1.29, 1.82) is 0 Å². The Balaban J connectivity index is 1.76. The van der Waals surface area contributed by atoms with Crippen molar-refractivity contribution in [3.05, 3.63) is 65.7 Å². The van der Waals surface area contributed by atoms with E-state index < -0.39 is 11.6 Å². The van der Waals surface area contributed by atoms with E-state index in [4.69, 9.17) is 4.74 Å². The maximum atomic E-state index is 13.7. The second-order valence-electron chi connectivity index (χ2n) is 5.51. The smallest absolute Gasteiger partial charge is 0.234 e. The number of hydrogen-bond acceptors (Lipinski definition) is 3. The second-order valence-corrected chi connectivity index (χ2v) is 5.51. The van der Waals surface area contributed by atoms with Gasteiger partial charge in [-0.05, 0) is 30.8 Å². The number of nitrogens with one attached hydrogen (secondary N) is 1. The Morgan fingerprint density at radius 2 is 1.76 bits per heavy atom. The molecule has 0 saturated heterocycles. The van der Waals surface area contributed by atoms with Crippen LogP contribution in [0.5, 0.6) is 5.75 Å². The number of rotatable bonds is 9. The molecule has 1 amide bonds. The molecule has 0 unspecified atom stereocenters. The van der Waals surface area contributed by atoms with Crippen LogP contribution in [0, 0.1) is 11.6 Å². The summed E-state index contributed by atoms with van der Waals surface area (Å²) in [5.41, 5.74) is -0.0236. The first-order valence-electron chi connectivity index (χ1n) is 8.20. The van der Waals surface area contributed by atoms with Crippen molar-refractivity contribution >= 4 is 5.91 Å². The Kier molecular flexibility index (Phi) is 7.35. The molecule has 0 aliphatic heterocycles. The van der Waals surface area contributed by atoms with E-state index in [2.05, 4.69) is 5.32 Å². The molecule has 0 aliphatic rings. The highest BCUT2D eigenvalue weighted by molar-refractivity contribution is 5.77. The Morgan fingerprint density at radius 1 is 1.08 bits per heavy atom. The van der Waals surface area contributed by atoms with Gasteiger partial charge in [0.05, 0.1) is 13.1 Å². The summed E-state index contributed by atoms with van der Waals surface area (Å²) in [6.45, 7) is 3.16. The van der Waals surface area contributed by atoms with Crippen molar-refractivity contribution in [3.63, 3.8) is 0 Å². The van der Waals surface area contributed by atoms with Gasteiger partial charge in [0.1, 0.15) is 24.0 Å². The van der Waals surface area contributed by atoms with Crippen LogP contribution in [0.1, 0.15) is 12.5 Å². The van der Waals surface area contributed by atoms with Crippen LogP contribution in [0.3, 0.4) is 0 Å². The van der Waals surface area contributed by atoms with Gasteiger partial charge in [0.2, 0.25) is 5.91 Å². The van der Waals surface area contributed by atoms with E-state index in [1.54, 1.807) is 4.90 Å². The average molecular weight is 348 g/mol. The number of halogens is 2. The van der Waals surface area contributed by atoms with E-state index in [1.165, 1.54) is 18.2 Å². The van der Waals surface area contributed by atoms with Gasteiger partial charge in [0, 0.05) is 12.1 Å². The molecule has 0 aromatic heterocycles. The minimum Gasteiger partial charge on any atom is -0.492 e. The third-order valence-corrected chi connectivity index (χ3v) is 3.69. The van der Waals surface area contributed by atoms with E-state index in [0.29, 0.717) is 19.7 Å². The Morgan fingerprint density at radius 3 is 2.40 bits per heavy atom. The number of amides is 1. The SMILES string of the molecule is CCN(CC(=O)NCCOc1ccccc1)Cc1c(F)cccc1F. The van der Waals surface area contributed by atoms with Gasteiger partial charge in [-0.1, -0.05) is 31.2 Å². The molecule has 0 heterocycles. The van der Waals surface area contributed by atoms with Crippen LogP contribution in [0.2, 0.25) is 0 Å². The molecule has 0 spiro atoms. The van der Waals surface area contributed by atoms with E-state index in [0.717, 1.165) is 5.75 Å². The number of carbonyl (C=O) groups is 1. The van der Waals surface area contributed by atoms with Crippen molar-refractivity contribution in [3.8, 4) is 5.75 Å². The summed E-state index contributed by atoms with van der Waals surface area (Å²) in [5, 5.41) is 2.74. The maximum absolute atomic E-state index is 13.7. The molecular weight excluding hydrogens is 326 g/mol. The fourth-order valence-electron chi connectivity index (χ4n) is 2.32. The lowest BCUT2D eigenvalue weighted by Gasteiger charge is -2.20. The van der Waals surface area contributed by atoms with Crippen LogP contribution in [0.15, 0.2) is 48.5 Å². The molecule has 134 valence electrons. The van der Waals surface area contributed by atoms with Crippen molar-refractivity contribution in [2.75, 3.05) is 26.2 Å². The van der Waals surface area contributed by atoms with Crippen molar-refractivity contribution < 1.29 is 18.3 Å². The number of nitrogens with zero attached hydrogens (tertiary/aromatic N) is 1. The fourth-order valence-corrected chi connectivity index (χ4v) is 2.32. The normalized spacial score (nSPS) is 10.7. The molecule has 6 heteroatoms. The average Bonchev–Trinajstić information content (AvgIpc) is 2.62. The van der Waals surface area contributed by atoms with Gasteiger partial charge in [-0.25, -0.2) is 8.78 Å². The van der Waals surface area contributed by atoms with Gasteiger partial charge in [0.25, 0.3) is 0 Å². The van der Waals surface area contributed by atoms with Crippen LogP contribution < -0.4 is 10.1 Å². The standard InChI is InChI=1S/C19H22F2N2O2/c1-2-23(13-16-17(20)9-6-10-18(16)21)14-19(24)22-11-12-25-15-7-4-3-5-8-15/h3-10H,2,11-14H2,1H3,(H,22,24). The van der Waals surface area contributed by atoms with Gasteiger partial charge < -0.3 is 10.1 Å². The van der Waals surface area contributed by atoms with Crippen LogP contribution in [0.25, 0.3) is 0 Å². The van der Waals surface area contributed by atoms with Gasteiger partial charge in [-0.15, -0.1) is 0 Å². The lowest BCUT2D eigenvalue weighted by Crippen LogP contribution is -2.38. The number of para-hydroxylation sites is 1. The maximum Gasteiger partial charge on any atom is 0.234 e. The van der Waals surface area contributed by atoms with Gasteiger partial charge in [0.15, 0.2) is 0 Å². The zero-order valence-corrected chi connectivity index (χ0v) is 14.2. The summed E-state index contributed by atoms with van der Waals surface area (Å²) in [4.78, 5) is 13.7. The monoisotopic (exact) mass is 348 g/mol. The zero-order valence-electron chi connectivity index (χ0n) is 14.2. The van der Waals surface area contributed by atoms with E-state index in [9.17, 15) is 13.6 Å². The topological polar surface area (TPSA) is 41.6 Å². The quantitative estimate of drug-likeness (QED) is 0.709. The molecule has 0 saturated carbocycles. The van der Waals surface area contributed by atoms with Gasteiger partial charge >= 0.3 is 0 Å². The molecule has 1 N–H and O–H groups in total. The highest BCUT2D eigenvalue weighted by Crippen LogP contribution is 2.14. The van der Waals surface area contributed by atoms with E-state index >= 15 is 0 Å². The Labute approximate surface area is 146 Å². The van der Waals surface area contributed by atoms with E-state index in [-0.39, 0.29) is 24.6 Å². The fraction of sp³-hybridized carbons (Fsp3) is 0.316. The van der Waals surface area contributed by atoms with Gasteiger partial charge in [-0.2, -0.15) is 0 Å². The van der Waals surface area contributed by atoms with Crippen LogP contribution in [0.4, 0.5) is 8.78 Å². The predicted octanol–water partition coefficient (Wildman–Crippen LogP) is 2.98. The summed E-state index contributed by atoms with van der Waals surface area (Å²) in [6, 6.07) is 13.1. The first kappa shape index (κ1) is 18.9. The molecule has 0 atom stereocenters. The second kappa shape index (κ2) is 9.74. The minimum absolute atomic E-state index is 0.0236. The molecule has 0 aliphatic carbocycles. The van der Waals surface area contributed by atoms with Crippen molar-refractivity contribution in [2.24, 2.45) is 0 Å². The molecule has 0 radical (unpaired) electrons. The number of likely N-dealkylation sites (N-methyl/N-ethyl adjacent to an activating group) is 1. The highest BCUT2D eigenvalue weighted by Gasteiger charge is 2.15. The Hall–Kier alpha value is -2.47. The van der Waals surface area contributed by atoms with Crippen LogP contribution in [-0.4, -0.2) is 37.0 Å². The summed E-state index contributed by atoms with van der Waals surface area (Å²) in [5.74, 6) is -0.678. The molecular formula is C19H22F2N2O2. The largest absolute Gasteiger partial charge is 0.492 e. The summed E-state index contributed by atoms with van der Waals surface area (Å²) >= 11 is 0. The zero-order chi connectivity index (χ0) is 18.1.